The zero-order valence-corrected chi connectivity index (χ0v) is 8.46. The Morgan fingerprint density at radius 2 is 2.08 bits per heavy atom. The summed E-state index contributed by atoms with van der Waals surface area (Å²) in [6.07, 6.45) is 0. The minimum Gasteiger partial charge on any atom is -0.312 e. The molecule has 1 aliphatic rings. The van der Waals surface area contributed by atoms with Crippen molar-refractivity contribution in [1.29, 1.82) is 0 Å². The third kappa shape index (κ3) is 1.46. The molecule has 0 aromatic carbocycles. The molecule has 0 amide bonds. The van der Waals surface area contributed by atoms with E-state index in [9.17, 15) is 0 Å². The third-order valence-corrected chi connectivity index (χ3v) is 2.29. The molecule has 13 heavy (non-hydrogen) atoms. The van der Waals surface area contributed by atoms with Gasteiger partial charge in [-0.05, 0) is 0 Å². The molecule has 1 aromatic heterocycles. The highest BCUT2D eigenvalue weighted by atomic mass is 15.3. The average Bonchev–Trinajstić information content (AvgIpc) is 2.45. The number of aromatic nitrogens is 3. The molecule has 0 spiro atoms. The molecule has 2 heterocycles. The highest BCUT2D eigenvalue weighted by Gasteiger charge is 2.24. The summed E-state index contributed by atoms with van der Waals surface area (Å²) in [5, 5.41) is 11.7. The number of fused-ring (bicyclic) bond motifs is 1. The highest BCUT2D eigenvalue weighted by molar-refractivity contribution is 5.07. The minimum atomic E-state index is 0.0998. The van der Waals surface area contributed by atoms with Crippen LogP contribution in [-0.4, -0.2) is 21.3 Å². The van der Waals surface area contributed by atoms with Crippen molar-refractivity contribution in [2.75, 3.05) is 6.54 Å². The predicted octanol–water partition coefficient (Wildman–Crippen LogP) is 0.679. The van der Waals surface area contributed by atoms with Crippen LogP contribution in [0.5, 0.6) is 0 Å². The lowest BCUT2D eigenvalue weighted by Gasteiger charge is -2.22. The zero-order chi connectivity index (χ0) is 9.47. The summed E-state index contributed by atoms with van der Waals surface area (Å²) in [6.45, 7) is 9.39. The fourth-order valence-corrected chi connectivity index (χ4v) is 1.65. The fourth-order valence-electron chi connectivity index (χ4n) is 1.65. The van der Waals surface area contributed by atoms with Crippen LogP contribution in [-0.2, 0) is 18.5 Å². The Bertz CT molecular complexity index is 308. The first kappa shape index (κ1) is 8.69. The molecular weight excluding hydrogens is 164 g/mol. The second kappa shape index (κ2) is 2.80. The van der Waals surface area contributed by atoms with Crippen molar-refractivity contribution < 1.29 is 0 Å². The van der Waals surface area contributed by atoms with Crippen LogP contribution in [0.15, 0.2) is 0 Å². The Morgan fingerprint density at radius 1 is 1.31 bits per heavy atom. The minimum absolute atomic E-state index is 0.0998. The lowest BCUT2D eigenvalue weighted by Crippen LogP contribution is -2.31. The van der Waals surface area contributed by atoms with Gasteiger partial charge in [0.05, 0.1) is 6.54 Å². The van der Waals surface area contributed by atoms with Crippen molar-refractivity contribution >= 4 is 0 Å². The van der Waals surface area contributed by atoms with Crippen molar-refractivity contribution in [3.05, 3.63) is 11.6 Å². The Morgan fingerprint density at radius 3 is 2.77 bits per heavy atom. The number of hydrogen-bond donors (Lipinski definition) is 1. The van der Waals surface area contributed by atoms with Gasteiger partial charge in [0, 0.05) is 18.5 Å². The summed E-state index contributed by atoms with van der Waals surface area (Å²) in [5.41, 5.74) is 0.0998. The molecule has 1 N–H and O–H groups in total. The van der Waals surface area contributed by atoms with E-state index in [1.807, 2.05) is 0 Å². The van der Waals surface area contributed by atoms with Crippen LogP contribution < -0.4 is 5.32 Å². The molecule has 72 valence electrons. The topological polar surface area (TPSA) is 42.7 Å². The fraction of sp³-hybridized carbons (Fsp3) is 0.778. The average molecular weight is 180 g/mol. The molecule has 2 rings (SSSR count). The molecular formula is C9H16N4. The molecule has 1 aromatic rings. The van der Waals surface area contributed by atoms with Gasteiger partial charge < -0.3 is 9.88 Å². The molecule has 0 saturated carbocycles. The van der Waals surface area contributed by atoms with Gasteiger partial charge in [-0.2, -0.15) is 0 Å². The van der Waals surface area contributed by atoms with Crippen LogP contribution >= 0.6 is 0 Å². The van der Waals surface area contributed by atoms with Crippen molar-refractivity contribution in [1.82, 2.24) is 20.1 Å². The van der Waals surface area contributed by atoms with Crippen LogP contribution in [0.2, 0.25) is 0 Å². The maximum atomic E-state index is 4.24. The predicted molar refractivity (Wildman–Crippen MR) is 50.4 cm³/mol. The molecule has 0 unspecified atom stereocenters. The van der Waals surface area contributed by atoms with Crippen molar-refractivity contribution in [2.45, 2.75) is 39.3 Å². The van der Waals surface area contributed by atoms with Gasteiger partial charge in [-0.25, -0.2) is 0 Å². The smallest absolute Gasteiger partial charge is 0.147 e. The van der Waals surface area contributed by atoms with E-state index in [0.717, 1.165) is 31.3 Å². The van der Waals surface area contributed by atoms with Gasteiger partial charge in [0.15, 0.2) is 0 Å². The van der Waals surface area contributed by atoms with Crippen LogP contribution in [0.1, 0.15) is 32.4 Å². The number of nitrogens with one attached hydrogen (secondary N) is 1. The van der Waals surface area contributed by atoms with Crippen molar-refractivity contribution in [3.63, 3.8) is 0 Å². The Balaban J connectivity index is 2.43. The largest absolute Gasteiger partial charge is 0.312 e. The Kier molecular flexibility index (Phi) is 1.87. The highest BCUT2D eigenvalue weighted by Crippen LogP contribution is 2.21. The Labute approximate surface area is 78.4 Å². The van der Waals surface area contributed by atoms with Crippen LogP contribution in [0, 0.1) is 0 Å². The van der Waals surface area contributed by atoms with Crippen molar-refractivity contribution in [2.24, 2.45) is 0 Å². The summed E-state index contributed by atoms with van der Waals surface area (Å²) in [7, 11) is 0. The quantitative estimate of drug-likeness (QED) is 0.638. The second-order valence-electron chi connectivity index (χ2n) is 4.52. The monoisotopic (exact) mass is 180 g/mol. The molecule has 0 atom stereocenters. The number of rotatable bonds is 0. The molecule has 0 bridgehead atoms. The van der Waals surface area contributed by atoms with Crippen LogP contribution in [0.25, 0.3) is 0 Å². The summed E-state index contributed by atoms with van der Waals surface area (Å²) >= 11 is 0. The number of hydrogen-bond acceptors (Lipinski definition) is 3. The SMILES string of the molecule is CC(C)(C)c1nnc2n1CCNC2. The summed E-state index contributed by atoms with van der Waals surface area (Å²) in [4.78, 5) is 0. The van der Waals surface area contributed by atoms with Gasteiger partial charge in [0.1, 0.15) is 11.6 Å². The van der Waals surface area contributed by atoms with E-state index in [2.05, 4.69) is 40.9 Å². The summed E-state index contributed by atoms with van der Waals surface area (Å²) in [6, 6.07) is 0. The van der Waals surface area contributed by atoms with Gasteiger partial charge in [0.2, 0.25) is 0 Å². The van der Waals surface area contributed by atoms with Crippen LogP contribution in [0.4, 0.5) is 0 Å². The first-order chi connectivity index (χ1) is 6.09. The van der Waals surface area contributed by atoms with Gasteiger partial charge in [-0.15, -0.1) is 10.2 Å². The Hall–Kier alpha value is -0.900. The van der Waals surface area contributed by atoms with E-state index < -0.39 is 0 Å². The molecule has 0 aliphatic carbocycles. The van der Waals surface area contributed by atoms with Gasteiger partial charge >= 0.3 is 0 Å². The maximum absolute atomic E-state index is 4.24. The van der Waals surface area contributed by atoms with E-state index >= 15 is 0 Å². The zero-order valence-electron chi connectivity index (χ0n) is 8.46. The first-order valence-corrected chi connectivity index (χ1v) is 4.72. The normalized spacial score (nSPS) is 17.2. The second-order valence-corrected chi connectivity index (χ2v) is 4.52. The molecule has 0 radical (unpaired) electrons. The summed E-state index contributed by atoms with van der Waals surface area (Å²) in [5.74, 6) is 2.17. The lowest BCUT2D eigenvalue weighted by molar-refractivity contribution is 0.447. The van der Waals surface area contributed by atoms with Crippen molar-refractivity contribution in [3.8, 4) is 0 Å². The molecule has 4 heteroatoms. The third-order valence-electron chi connectivity index (χ3n) is 2.29. The molecule has 0 saturated heterocycles. The van der Waals surface area contributed by atoms with E-state index in [1.165, 1.54) is 0 Å². The van der Waals surface area contributed by atoms with E-state index in [-0.39, 0.29) is 5.41 Å². The number of nitrogens with zero attached hydrogens (tertiary/aromatic N) is 3. The van der Waals surface area contributed by atoms with E-state index in [4.69, 9.17) is 0 Å². The first-order valence-electron chi connectivity index (χ1n) is 4.72. The molecule has 1 aliphatic heterocycles. The maximum Gasteiger partial charge on any atom is 0.147 e. The summed E-state index contributed by atoms with van der Waals surface area (Å²) < 4.78 is 2.23. The molecule has 0 fully saturated rings. The lowest BCUT2D eigenvalue weighted by atomic mass is 9.95. The van der Waals surface area contributed by atoms with Gasteiger partial charge in [0.25, 0.3) is 0 Å². The van der Waals surface area contributed by atoms with Gasteiger partial charge in [-0.3, -0.25) is 0 Å². The molecule has 4 nitrogen and oxygen atoms in total. The standard InChI is InChI=1S/C9H16N4/c1-9(2,3)8-12-11-7-6-10-4-5-13(7)8/h10H,4-6H2,1-3H3. The van der Waals surface area contributed by atoms with E-state index in [1.54, 1.807) is 0 Å². The van der Waals surface area contributed by atoms with Gasteiger partial charge in [-0.1, -0.05) is 20.8 Å². The van der Waals surface area contributed by atoms with Crippen LogP contribution in [0.3, 0.4) is 0 Å². The van der Waals surface area contributed by atoms with E-state index in [0.29, 0.717) is 0 Å².